The lowest BCUT2D eigenvalue weighted by molar-refractivity contribution is -0.116. The predicted octanol–water partition coefficient (Wildman–Crippen LogP) is 4.55. The van der Waals surface area contributed by atoms with Crippen LogP contribution in [-0.4, -0.2) is 21.4 Å². The Hall–Kier alpha value is -2.06. The third-order valence-electron chi connectivity index (χ3n) is 3.70. The van der Waals surface area contributed by atoms with Crippen LogP contribution in [0.25, 0.3) is 0 Å². The molecule has 0 aliphatic heterocycles. The van der Waals surface area contributed by atoms with E-state index < -0.39 is 10.0 Å². The number of methoxy groups -OCH3 is 1. The molecule has 0 atom stereocenters. The summed E-state index contributed by atoms with van der Waals surface area (Å²) in [4.78, 5) is 11.9. The summed E-state index contributed by atoms with van der Waals surface area (Å²) in [5.74, 6) is 0.216. The summed E-state index contributed by atoms with van der Waals surface area (Å²) in [6.45, 7) is 5.75. The minimum atomic E-state index is -3.93. The smallest absolute Gasteiger partial charge is 0.265 e. The van der Waals surface area contributed by atoms with Gasteiger partial charge < -0.3 is 10.1 Å². The van der Waals surface area contributed by atoms with Gasteiger partial charge in [-0.2, -0.15) is 0 Å². The molecule has 6 nitrogen and oxygen atoms in total. The van der Waals surface area contributed by atoms with Crippen molar-refractivity contribution in [3.05, 3.63) is 46.4 Å². The van der Waals surface area contributed by atoms with Gasteiger partial charge in [-0.25, -0.2) is 8.42 Å². The van der Waals surface area contributed by atoms with Crippen LogP contribution in [0, 0.1) is 12.8 Å². The fraction of sp³-hybridized carbons (Fsp3) is 0.316. The van der Waals surface area contributed by atoms with Gasteiger partial charge in [0.15, 0.2) is 0 Å². The Morgan fingerprint density at radius 1 is 1.19 bits per heavy atom. The SMILES string of the molecule is COc1ccc(NC(=O)CC(C)C)cc1S(=O)(=O)Nc1cc(C)ccc1Br. The first kappa shape index (κ1) is 21.2. The number of hydrogen-bond acceptors (Lipinski definition) is 4. The number of sulfonamides is 1. The van der Waals surface area contributed by atoms with Crippen LogP contribution in [0.4, 0.5) is 11.4 Å². The minimum absolute atomic E-state index is 0.0549. The van der Waals surface area contributed by atoms with Crippen molar-refractivity contribution in [2.24, 2.45) is 5.92 Å². The fourth-order valence-corrected chi connectivity index (χ4v) is 4.21. The number of nitrogens with one attached hydrogen (secondary N) is 2. The zero-order valence-electron chi connectivity index (χ0n) is 15.7. The van der Waals surface area contributed by atoms with E-state index in [0.29, 0.717) is 22.3 Å². The summed E-state index contributed by atoms with van der Waals surface area (Å²) < 4.78 is 34.3. The highest BCUT2D eigenvalue weighted by Crippen LogP contribution is 2.31. The van der Waals surface area contributed by atoms with Crippen molar-refractivity contribution < 1.29 is 17.9 Å². The lowest BCUT2D eigenvalue weighted by atomic mass is 10.1. The number of benzene rings is 2. The molecule has 0 unspecified atom stereocenters. The number of ether oxygens (including phenoxy) is 1. The molecular formula is C19H23BrN2O4S. The van der Waals surface area contributed by atoms with E-state index >= 15 is 0 Å². The second kappa shape index (κ2) is 8.75. The number of amides is 1. The zero-order chi connectivity index (χ0) is 20.2. The standard InChI is InChI=1S/C19H23BrN2O4S/c1-12(2)9-19(23)21-14-6-8-17(26-4)18(11-14)27(24,25)22-16-10-13(3)5-7-15(16)20/h5-8,10-12,22H,9H2,1-4H3,(H,21,23). The van der Waals surface area contributed by atoms with Gasteiger partial charge in [-0.1, -0.05) is 19.9 Å². The van der Waals surface area contributed by atoms with Gasteiger partial charge in [0.2, 0.25) is 5.91 Å². The zero-order valence-corrected chi connectivity index (χ0v) is 18.1. The quantitative estimate of drug-likeness (QED) is 0.642. The second-order valence-electron chi connectivity index (χ2n) is 6.60. The number of carbonyl (C=O) groups excluding carboxylic acids is 1. The van der Waals surface area contributed by atoms with Gasteiger partial charge in [-0.05, 0) is 64.7 Å². The molecule has 0 spiro atoms. The molecule has 0 radical (unpaired) electrons. The summed E-state index contributed by atoms with van der Waals surface area (Å²) >= 11 is 3.35. The van der Waals surface area contributed by atoms with E-state index in [4.69, 9.17) is 4.74 Å². The van der Waals surface area contributed by atoms with Gasteiger partial charge in [0.05, 0.1) is 12.8 Å². The average molecular weight is 455 g/mol. The van der Waals surface area contributed by atoms with Crippen LogP contribution in [0.1, 0.15) is 25.8 Å². The monoisotopic (exact) mass is 454 g/mol. The lowest BCUT2D eigenvalue weighted by Gasteiger charge is -2.15. The first-order chi connectivity index (χ1) is 12.6. The molecule has 0 heterocycles. The summed E-state index contributed by atoms with van der Waals surface area (Å²) in [5, 5.41) is 2.73. The molecule has 2 N–H and O–H groups in total. The fourth-order valence-electron chi connectivity index (χ4n) is 2.46. The van der Waals surface area contributed by atoms with E-state index in [2.05, 4.69) is 26.0 Å². The highest BCUT2D eigenvalue weighted by atomic mass is 79.9. The first-order valence-corrected chi connectivity index (χ1v) is 10.7. The first-order valence-electron chi connectivity index (χ1n) is 8.39. The summed E-state index contributed by atoms with van der Waals surface area (Å²) in [5.41, 5.74) is 1.73. The van der Waals surface area contributed by atoms with E-state index in [1.807, 2.05) is 26.8 Å². The number of hydrogen-bond donors (Lipinski definition) is 2. The van der Waals surface area contributed by atoms with Gasteiger partial charge in [0, 0.05) is 16.6 Å². The predicted molar refractivity (Wildman–Crippen MR) is 111 cm³/mol. The number of carbonyl (C=O) groups is 1. The largest absolute Gasteiger partial charge is 0.495 e. The van der Waals surface area contributed by atoms with Crippen LogP contribution in [-0.2, 0) is 14.8 Å². The van der Waals surface area contributed by atoms with Gasteiger partial charge in [-0.15, -0.1) is 0 Å². The molecule has 2 rings (SSSR count). The Balaban J connectivity index is 2.37. The molecule has 0 aliphatic carbocycles. The van der Waals surface area contributed by atoms with Crippen molar-refractivity contribution in [3.8, 4) is 5.75 Å². The summed E-state index contributed by atoms with van der Waals surface area (Å²) in [6, 6.07) is 9.88. The van der Waals surface area contributed by atoms with Crippen LogP contribution in [0.2, 0.25) is 0 Å². The number of rotatable bonds is 7. The van der Waals surface area contributed by atoms with Crippen LogP contribution in [0.15, 0.2) is 45.8 Å². The Bertz CT molecular complexity index is 943. The molecule has 0 saturated carbocycles. The van der Waals surface area contributed by atoms with Crippen molar-refractivity contribution in [3.63, 3.8) is 0 Å². The number of anilines is 2. The highest BCUT2D eigenvalue weighted by molar-refractivity contribution is 9.10. The van der Waals surface area contributed by atoms with E-state index in [1.165, 1.54) is 19.2 Å². The van der Waals surface area contributed by atoms with E-state index in [-0.39, 0.29) is 22.5 Å². The Kier molecular flexibility index (Phi) is 6.89. The normalized spacial score (nSPS) is 11.3. The van der Waals surface area contributed by atoms with Crippen LogP contribution in [0.3, 0.4) is 0 Å². The molecule has 8 heteroatoms. The second-order valence-corrected chi connectivity index (χ2v) is 9.11. The average Bonchev–Trinajstić information content (AvgIpc) is 2.57. The molecule has 0 fully saturated rings. The third-order valence-corrected chi connectivity index (χ3v) is 5.77. The van der Waals surface area contributed by atoms with Crippen molar-refractivity contribution in [1.82, 2.24) is 0 Å². The van der Waals surface area contributed by atoms with Crippen LogP contribution >= 0.6 is 15.9 Å². The maximum atomic E-state index is 12.9. The molecule has 27 heavy (non-hydrogen) atoms. The number of halogens is 1. The maximum Gasteiger partial charge on any atom is 0.265 e. The Labute approximate surface area is 168 Å². The summed E-state index contributed by atoms with van der Waals surface area (Å²) in [7, 11) is -2.54. The van der Waals surface area contributed by atoms with Crippen LogP contribution < -0.4 is 14.8 Å². The van der Waals surface area contributed by atoms with Gasteiger partial charge in [0.25, 0.3) is 10.0 Å². The topological polar surface area (TPSA) is 84.5 Å². The van der Waals surface area contributed by atoms with Gasteiger partial charge in [0.1, 0.15) is 10.6 Å². The van der Waals surface area contributed by atoms with Crippen molar-refractivity contribution >= 4 is 43.2 Å². The molecule has 2 aromatic rings. The molecule has 0 aliphatic rings. The molecule has 1 amide bonds. The lowest BCUT2D eigenvalue weighted by Crippen LogP contribution is -2.17. The molecule has 0 bridgehead atoms. The third kappa shape index (κ3) is 5.71. The Morgan fingerprint density at radius 3 is 2.52 bits per heavy atom. The summed E-state index contributed by atoms with van der Waals surface area (Å²) in [6.07, 6.45) is 0.350. The van der Waals surface area contributed by atoms with Crippen molar-refractivity contribution in [2.45, 2.75) is 32.1 Å². The Morgan fingerprint density at radius 2 is 1.89 bits per heavy atom. The van der Waals surface area contributed by atoms with Crippen molar-refractivity contribution in [1.29, 1.82) is 0 Å². The van der Waals surface area contributed by atoms with Crippen molar-refractivity contribution in [2.75, 3.05) is 17.1 Å². The maximum absolute atomic E-state index is 12.9. The minimum Gasteiger partial charge on any atom is -0.495 e. The van der Waals surface area contributed by atoms with E-state index in [0.717, 1.165) is 5.56 Å². The number of aryl methyl sites for hydroxylation is 1. The molecule has 2 aromatic carbocycles. The van der Waals surface area contributed by atoms with E-state index in [1.54, 1.807) is 18.2 Å². The molecule has 146 valence electrons. The van der Waals surface area contributed by atoms with E-state index in [9.17, 15) is 13.2 Å². The molecule has 0 saturated heterocycles. The molecule has 0 aromatic heterocycles. The molecular weight excluding hydrogens is 432 g/mol. The van der Waals surface area contributed by atoms with Gasteiger partial charge >= 0.3 is 0 Å². The van der Waals surface area contributed by atoms with Crippen LogP contribution in [0.5, 0.6) is 5.75 Å². The van der Waals surface area contributed by atoms with Gasteiger partial charge in [-0.3, -0.25) is 9.52 Å². The highest BCUT2D eigenvalue weighted by Gasteiger charge is 2.22.